The number of hydrogen-bond donors (Lipinski definition) is 0. The summed E-state index contributed by atoms with van der Waals surface area (Å²) in [5.74, 6) is 1.04. The molecule has 0 aliphatic heterocycles. The molecule has 0 aliphatic rings. The van der Waals surface area contributed by atoms with Gasteiger partial charge in [0.15, 0.2) is 11.5 Å². The van der Waals surface area contributed by atoms with E-state index >= 15 is 0 Å². The number of ether oxygens (including phenoxy) is 2. The highest BCUT2D eigenvalue weighted by Gasteiger charge is 2.15. The van der Waals surface area contributed by atoms with Gasteiger partial charge >= 0.3 is 0 Å². The molecule has 0 atom stereocenters. The highest BCUT2D eigenvalue weighted by Crippen LogP contribution is 2.37. The molecule has 0 radical (unpaired) electrons. The second-order valence-electron chi connectivity index (χ2n) is 2.71. The van der Waals surface area contributed by atoms with E-state index in [9.17, 15) is 0 Å². The number of hydrogen-bond acceptors (Lipinski definition) is 3. The normalized spacial score (nSPS) is 9.36. The Morgan fingerprint density at radius 2 is 2.00 bits per heavy atom. The van der Waals surface area contributed by atoms with E-state index in [1.165, 1.54) is 7.11 Å². The summed E-state index contributed by atoms with van der Waals surface area (Å²) in [7, 11) is 3.06. The van der Waals surface area contributed by atoms with Crippen LogP contribution in [0, 0.1) is 18.3 Å². The predicted octanol–water partition coefficient (Wildman–Crippen LogP) is 2.65. The molecular formula is C10H10BrNO2. The Hall–Kier alpha value is -1.21. The molecule has 3 nitrogen and oxygen atoms in total. The summed E-state index contributed by atoms with van der Waals surface area (Å²) in [6.07, 6.45) is 0. The van der Waals surface area contributed by atoms with Crippen molar-refractivity contribution in [3.63, 3.8) is 0 Å². The van der Waals surface area contributed by atoms with Gasteiger partial charge in [0.2, 0.25) is 0 Å². The van der Waals surface area contributed by atoms with Crippen molar-refractivity contribution < 1.29 is 9.47 Å². The SMILES string of the molecule is COc1cc(Br)c(C)c(C#N)c1OC. The number of nitrogens with zero attached hydrogens (tertiary/aromatic N) is 1. The van der Waals surface area contributed by atoms with Crippen molar-refractivity contribution in [3.8, 4) is 17.6 Å². The molecule has 14 heavy (non-hydrogen) atoms. The van der Waals surface area contributed by atoms with Crippen LogP contribution in [0.15, 0.2) is 10.5 Å². The molecule has 0 heterocycles. The van der Waals surface area contributed by atoms with Crippen LogP contribution in [0.1, 0.15) is 11.1 Å². The Kier molecular flexibility index (Phi) is 3.37. The third-order valence-corrected chi connectivity index (χ3v) is 2.80. The zero-order chi connectivity index (χ0) is 10.7. The number of methoxy groups -OCH3 is 2. The zero-order valence-electron chi connectivity index (χ0n) is 8.22. The van der Waals surface area contributed by atoms with Gasteiger partial charge in [0, 0.05) is 4.47 Å². The van der Waals surface area contributed by atoms with Gasteiger partial charge in [0.1, 0.15) is 11.6 Å². The van der Waals surface area contributed by atoms with E-state index in [-0.39, 0.29) is 0 Å². The molecule has 74 valence electrons. The quantitative estimate of drug-likeness (QED) is 0.816. The smallest absolute Gasteiger partial charge is 0.178 e. The topological polar surface area (TPSA) is 42.2 Å². The molecule has 0 fully saturated rings. The molecule has 0 bridgehead atoms. The van der Waals surface area contributed by atoms with Gasteiger partial charge in [-0.25, -0.2) is 0 Å². The first-order valence-corrected chi connectivity index (χ1v) is 4.76. The molecule has 0 aliphatic carbocycles. The van der Waals surface area contributed by atoms with Crippen LogP contribution in [0.2, 0.25) is 0 Å². The summed E-state index contributed by atoms with van der Waals surface area (Å²) in [6.45, 7) is 1.85. The van der Waals surface area contributed by atoms with Crippen molar-refractivity contribution in [2.75, 3.05) is 14.2 Å². The fourth-order valence-corrected chi connectivity index (χ4v) is 1.60. The van der Waals surface area contributed by atoms with Crippen molar-refractivity contribution in [1.29, 1.82) is 5.26 Å². The van der Waals surface area contributed by atoms with E-state index in [2.05, 4.69) is 22.0 Å². The van der Waals surface area contributed by atoms with Crippen molar-refractivity contribution in [2.24, 2.45) is 0 Å². The van der Waals surface area contributed by atoms with Gasteiger partial charge in [-0.1, -0.05) is 15.9 Å². The number of nitriles is 1. The lowest BCUT2D eigenvalue weighted by Gasteiger charge is -2.12. The van der Waals surface area contributed by atoms with Gasteiger partial charge in [0.05, 0.1) is 14.2 Å². The molecular weight excluding hydrogens is 246 g/mol. The lowest BCUT2D eigenvalue weighted by Crippen LogP contribution is -1.96. The maximum Gasteiger partial charge on any atom is 0.178 e. The first-order chi connectivity index (χ1) is 6.65. The summed E-state index contributed by atoms with van der Waals surface area (Å²) in [4.78, 5) is 0. The lowest BCUT2D eigenvalue weighted by atomic mass is 10.1. The van der Waals surface area contributed by atoms with Crippen molar-refractivity contribution in [1.82, 2.24) is 0 Å². The highest BCUT2D eigenvalue weighted by molar-refractivity contribution is 9.10. The first-order valence-electron chi connectivity index (χ1n) is 3.96. The summed E-state index contributed by atoms with van der Waals surface area (Å²) < 4.78 is 11.1. The minimum Gasteiger partial charge on any atom is -0.493 e. The Balaban J connectivity index is 3.52. The van der Waals surface area contributed by atoms with Gasteiger partial charge in [-0.3, -0.25) is 0 Å². The van der Waals surface area contributed by atoms with Crippen LogP contribution in [-0.2, 0) is 0 Å². The Labute approximate surface area is 91.4 Å². The van der Waals surface area contributed by atoms with Crippen LogP contribution in [0.4, 0.5) is 0 Å². The summed E-state index contributed by atoms with van der Waals surface area (Å²) >= 11 is 3.36. The number of halogens is 1. The second-order valence-corrected chi connectivity index (χ2v) is 3.56. The molecule has 0 amide bonds. The third-order valence-electron chi connectivity index (χ3n) is 1.98. The molecule has 0 unspecified atom stereocenters. The van der Waals surface area contributed by atoms with Crippen LogP contribution in [-0.4, -0.2) is 14.2 Å². The average molecular weight is 256 g/mol. The van der Waals surface area contributed by atoms with E-state index in [0.717, 1.165) is 10.0 Å². The molecule has 0 aromatic heterocycles. The van der Waals surface area contributed by atoms with Gasteiger partial charge in [-0.15, -0.1) is 0 Å². The third kappa shape index (κ3) is 1.68. The highest BCUT2D eigenvalue weighted by atomic mass is 79.9. The second kappa shape index (κ2) is 4.34. The van der Waals surface area contributed by atoms with E-state index < -0.39 is 0 Å². The summed E-state index contributed by atoms with van der Waals surface area (Å²) in [5.41, 5.74) is 1.35. The Bertz CT molecular complexity index is 396. The largest absolute Gasteiger partial charge is 0.493 e. The maximum absolute atomic E-state index is 8.97. The van der Waals surface area contributed by atoms with Crippen LogP contribution in [0.5, 0.6) is 11.5 Å². The zero-order valence-corrected chi connectivity index (χ0v) is 9.81. The van der Waals surface area contributed by atoms with Crippen molar-refractivity contribution in [2.45, 2.75) is 6.92 Å². The van der Waals surface area contributed by atoms with Crippen molar-refractivity contribution in [3.05, 3.63) is 21.7 Å². The molecule has 4 heteroatoms. The number of benzene rings is 1. The molecule has 1 rings (SSSR count). The standard InChI is InChI=1S/C10H10BrNO2/c1-6-7(5-12)10(14-3)9(13-2)4-8(6)11/h4H,1-3H3. The average Bonchev–Trinajstić information content (AvgIpc) is 2.20. The lowest BCUT2D eigenvalue weighted by molar-refractivity contribution is 0.353. The molecule has 1 aromatic rings. The van der Waals surface area contributed by atoms with Gasteiger partial charge in [-0.2, -0.15) is 5.26 Å². The Morgan fingerprint density at radius 3 is 2.43 bits per heavy atom. The van der Waals surface area contributed by atoms with E-state index in [4.69, 9.17) is 14.7 Å². The summed E-state index contributed by atoms with van der Waals surface area (Å²) in [5, 5.41) is 8.97. The van der Waals surface area contributed by atoms with Gasteiger partial charge in [-0.05, 0) is 18.6 Å². The van der Waals surface area contributed by atoms with Crippen LogP contribution < -0.4 is 9.47 Å². The van der Waals surface area contributed by atoms with E-state index in [0.29, 0.717) is 17.1 Å². The van der Waals surface area contributed by atoms with E-state index in [1.807, 2.05) is 6.92 Å². The monoisotopic (exact) mass is 255 g/mol. The van der Waals surface area contributed by atoms with Crippen LogP contribution >= 0.6 is 15.9 Å². The molecule has 1 aromatic carbocycles. The fourth-order valence-electron chi connectivity index (χ4n) is 1.19. The van der Waals surface area contributed by atoms with Gasteiger partial charge < -0.3 is 9.47 Å². The predicted molar refractivity (Wildman–Crippen MR) is 56.7 cm³/mol. The van der Waals surface area contributed by atoms with E-state index in [1.54, 1.807) is 13.2 Å². The number of rotatable bonds is 2. The van der Waals surface area contributed by atoms with Crippen LogP contribution in [0.25, 0.3) is 0 Å². The molecule has 0 saturated carbocycles. The summed E-state index contributed by atoms with van der Waals surface area (Å²) in [6, 6.07) is 3.88. The van der Waals surface area contributed by atoms with Crippen LogP contribution in [0.3, 0.4) is 0 Å². The Morgan fingerprint density at radius 1 is 1.36 bits per heavy atom. The fraction of sp³-hybridized carbons (Fsp3) is 0.300. The molecule has 0 N–H and O–H groups in total. The molecule has 0 spiro atoms. The first kappa shape index (κ1) is 10.9. The van der Waals surface area contributed by atoms with Crippen molar-refractivity contribution >= 4 is 15.9 Å². The maximum atomic E-state index is 8.97. The van der Waals surface area contributed by atoms with Gasteiger partial charge in [0.25, 0.3) is 0 Å². The minimum atomic E-state index is 0.482. The minimum absolute atomic E-state index is 0.482. The molecule has 0 saturated heterocycles.